The first kappa shape index (κ1) is 15.3. The van der Waals surface area contributed by atoms with Crippen LogP contribution >= 0.6 is 0 Å². The van der Waals surface area contributed by atoms with Gasteiger partial charge >= 0.3 is 0 Å². The van der Waals surface area contributed by atoms with Crippen LogP contribution in [-0.4, -0.2) is 0 Å². The quantitative estimate of drug-likeness (QED) is 0.542. The predicted octanol–water partition coefficient (Wildman–Crippen LogP) is 4.80. The van der Waals surface area contributed by atoms with Crippen molar-refractivity contribution in [3.05, 3.63) is 90.0 Å². The van der Waals surface area contributed by atoms with Crippen LogP contribution in [0.2, 0.25) is 0 Å². The minimum Gasteiger partial charge on any atom is -0.306 e. The molecular formula is C21H22N2. The molecule has 0 bridgehead atoms. The lowest BCUT2D eigenvalue weighted by molar-refractivity contribution is 0.844. The molecule has 0 aliphatic rings. The molecule has 0 aliphatic heterocycles. The van der Waals surface area contributed by atoms with E-state index in [0.29, 0.717) is 6.54 Å². The summed E-state index contributed by atoms with van der Waals surface area (Å²) in [5.74, 6) is 6.38. The summed E-state index contributed by atoms with van der Waals surface area (Å²) in [6.07, 6.45) is 0.976. The molecular weight excluding hydrogens is 280 g/mol. The Morgan fingerprint density at radius 2 is 1.35 bits per heavy atom. The molecule has 3 aromatic carbocycles. The van der Waals surface area contributed by atoms with Crippen LogP contribution in [0.15, 0.2) is 78.9 Å². The van der Waals surface area contributed by atoms with Gasteiger partial charge < -0.3 is 5.01 Å². The van der Waals surface area contributed by atoms with E-state index in [4.69, 9.17) is 5.84 Å². The molecule has 0 spiro atoms. The van der Waals surface area contributed by atoms with Gasteiger partial charge in [-0.15, -0.1) is 0 Å². The maximum Gasteiger partial charge on any atom is 0.0598 e. The first-order valence-corrected chi connectivity index (χ1v) is 8.03. The van der Waals surface area contributed by atoms with Gasteiger partial charge in [0, 0.05) is 0 Å². The smallest absolute Gasteiger partial charge is 0.0598 e. The van der Waals surface area contributed by atoms with E-state index in [-0.39, 0.29) is 0 Å². The summed E-state index contributed by atoms with van der Waals surface area (Å²) in [6, 6.07) is 27.2. The fraction of sp³-hybridized carbons (Fsp3) is 0.143. The highest BCUT2D eigenvalue weighted by Crippen LogP contribution is 2.26. The number of nitrogens with two attached hydrogens (primary N) is 1. The monoisotopic (exact) mass is 302 g/mol. The molecule has 23 heavy (non-hydrogen) atoms. The number of rotatable bonds is 5. The standard InChI is InChI=1S/C21H22N2/c1-2-17-10-7-9-15-21(17)23(22)16-19-13-6-8-14-20(19)18-11-4-3-5-12-18/h3-15H,2,16,22H2,1H3. The lowest BCUT2D eigenvalue weighted by atomic mass is 9.99. The lowest BCUT2D eigenvalue weighted by Crippen LogP contribution is -2.31. The highest BCUT2D eigenvalue weighted by Gasteiger charge is 2.10. The second-order valence-electron chi connectivity index (χ2n) is 5.63. The molecule has 2 heteroatoms. The Kier molecular flexibility index (Phi) is 4.74. The number of hydrazine groups is 1. The van der Waals surface area contributed by atoms with E-state index < -0.39 is 0 Å². The number of benzene rings is 3. The van der Waals surface area contributed by atoms with Crippen molar-refractivity contribution < 1.29 is 0 Å². The number of anilines is 1. The summed E-state index contributed by atoms with van der Waals surface area (Å²) in [5, 5.41) is 1.85. The van der Waals surface area contributed by atoms with Crippen molar-refractivity contribution in [3.63, 3.8) is 0 Å². The number of hydrogen-bond donors (Lipinski definition) is 1. The van der Waals surface area contributed by atoms with Crippen molar-refractivity contribution in [1.82, 2.24) is 0 Å². The maximum atomic E-state index is 6.38. The van der Waals surface area contributed by atoms with Crippen LogP contribution < -0.4 is 10.9 Å². The second-order valence-corrected chi connectivity index (χ2v) is 5.63. The largest absolute Gasteiger partial charge is 0.306 e. The highest BCUT2D eigenvalue weighted by atomic mass is 15.4. The van der Waals surface area contributed by atoms with E-state index in [1.54, 1.807) is 0 Å². The molecule has 0 radical (unpaired) electrons. The zero-order valence-corrected chi connectivity index (χ0v) is 13.4. The van der Waals surface area contributed by atoms with Crippen molar-refractivity contribution in [2.24, 2.45) is 5.84 Å². The van der Waals surface area contributed by atoms with Crippen LogP contribution in [0.3, 0.4) is 0 Å². The van der Waals surface area contributed by atoms with Crippen LogP contribution in [0.4, 0.5) is 5.69 Å². The van der Waals surface area contributed by atoms with Gasteiger partial charge in [-0.2, -0.15) is 0 Å². The first-order chi connectivity index (χ1) is 11.3. The summed E-state index contributed by atoms with van der Waals surface area (Å²) in [4.78, 5) is 0. The average Bonchev–Trinajstić information content (AvgIpc) is 2.63. The number of nitrogens with zero attached hydrogens (tertiary/aromatic N) is 1. The second kappa shape index (κ2) is 7.12. The Hall–Kier alpha value is -2.58. The van der Waals surface area contributed by atoms with Gasteiger partial charge in [0.25, 0.3) is 0 Å². The molecule has 0 amide bonds. The third-order valence-electron chi connectivity index (χ3n) is 4.12. The fourth-order valence-electron chi connectivity index (χ4n) is 2.92. The highest BCUT2D eigenvalue weighted by molar-refractivity contribution is 5.68. The third kappa shape index (κ3) is 3.43. The van der Waals surface area contributed by atoms with Crippen LogP contribution in [0, 0.1) is 0 Å². The van der Waals surface area contributed by atoms with E-state index >= 15 is 0 Å². The van der Waals surface area contributed by atoms with E-state index in [0.717, 1.165) is 12.1 Å². The molecule has 116 valence electrons. The molecule has 0 heterocycles. The number of aryl methyl sites for hydroxylation is 1. The minimum atomic E-state index is 0.683. The summed E-state index contributed by atoms with van der Waals surface area (Å²) < 4.78 is 0. The zero-order chi connectivity index (χ0) is 16.1. The van der Waals surface area contributed by atoms with Crippen LogP contribution in [0.1, 0.15) is 18.1 Å². The molecule has 0 aliphatic carbocycles. The Balaban J connectivity index is 1.92. The summed E-state index contributed by atoms with van der Waals surface area (Å²) in [7, 11) is 0. The van der Waals surface area contributed by atoms with Gasteiger partial charge in [-0.3, -0.25) is 0 Å². The molecule has 0 atom stereocenters. The van der Waals surface area contributed by atoms with Crippen LogP contribution in [0.5, 0.6) is 0 Å². The summed E-state index contributed by atoms with van der Waals surface area (Å²) in [5.41, 5.74) is 6.05. The van der Waals surface area contributed by atoms with E-state index in [9.17, 15) is 0 Å². The van der Waals surface area contributed by atoms with Crippen molar-refractivity contribution in [2.75, 3.05) is 5.01 Å². The molecule has 2 nitrogen and oxygen atoms in total. The predicted molar refractivity (Wildman–Crippen MR) is 98.1 cm³/mol. The molecule has 0 unspecified atom stereocenters. The topological polar surface area (TPSA) is 29.3 Å². The molecule has 0 saturated heterocycles. The third-order valence-corrected chi connectivity index (χ3v) is 4.12. The number of hydrogen-bond acceptors (Lipinski definition) is 2. The Morgan fingerprint density at radius 1 is 0.739 bits per heavy atom. The molecule has 0 saturated carbocycles. The van der Waals surface area contributed by atoms with Crippen molar-refractivity contribution >= 4 is 5.69 Å². The van der Waals surface area contributed by atoms with Gasteiger partial charge in [0.2, 0.25) is 0 Å². The van der Waals surface area contributed by atoms with E-state index in [1.165, 1.54) is 22.3 Å². The van der Waals surface area contributed by atoms with Gasteiger partial charge in [0.15, 0.2) is 0 Å². The van der Waals surface area contributed by atoms with Gasteiger partial charge in [-0.1, -0.05) is 79.7 Å². The lowest BCUT2D eigenvalue weighted by Gasteiger charge is -2.23. The van der Waals surface area contributed by atoms with Gasteiger partial charge in [0.1, 0.15) is 0 Å². The van der Waals surface area contributed by atoms with Crippen molar-refractivity contribution in [2.45, 2.75) is 19.9 Å². The van der Waals surface area contributed by atoms with Gasteiger partial charge in [0.05, 0.1) is 12.2 Å². The molecule has 0 fully saturated rings. The molecule has 3 aromatic rings. The summed E-state index contributed by atoms with van der Waals surface area (Å²) in [6.45, 7) is 2.84. The Bertz CT molecular complexity index is 766. The Morgan fingerprint density at radius 3 is 2.09 bits per heavy atom. The zero-order valence-electron chi connectivity index (χ0n) is 13.4. The van der Waals surface area contributed by atoms with Crippen LogP contribution in [0.25, 0.3) is 11.1 Å². The fourth-order valence-corrected chi connectivity index (χ4v) is 2.92. The normalized spacial score (nSPS) is 10.5. The maximum absolute atomic E-state index is 6.38. The SMILES string of the molecule is CCc1ccccc1N(N)Cc1ccccc1-c1ccccc1. The molecule has 2 N–H and O–H groups in total. The molecule has 3 rings (SSSR count). The molecule has 0 aromatic heterocycles. The van der Waals surface area contributed by atoms with Crippen molar-refractivity contribution in [1.29, 1.82) is 0 Å². The van der Waals surface area contributed by atoms with Gasteiger partial charge in [-0.25, -0.2) is 5.84 Å². The van der Waals surface area contributed by atoms with Gasteiger partial charge in [-0.05, 0) is 34.7 Å². The first-order valence-electron chi connectivity index (χ1n) is 8.03. The van der Waals surface area contributed by atoms with E-state index in [1.807, 2.05) is 17.1 Å². The van der Waals surface area contributed by atoms with Crippen molar-refractivity contribution in [3.8, 4) is 11.1 Å². The number of para-hydroxylation sites is 1. The van der Waals surface area contributed by atoms with Crippen LogP contribution in [-0.2, 0) is 13.0 Å². The minimum absolute atomic E-state index is 0.683. The summed E-state index contributed by atoms with van der Waals surface area (Å²) >= 11 is 0. The Labute approximate surface area is 138 Å². The van der Waals surface area contributed by atoms with E-state index in [2.05, 4.69) is 73.7 Å². The average molecular weight is 302 g/mol.